The number of hydrogen-bond acceptors (Lipinski definition) is 5. The Labute approximate surface area is 159 Å². The van der Waals surface area contributed by atoms with Crippen LogP contribution in [0.1, 0.15) is 33.2 Å². The topological polar surface area (TPSA) is 70.1 Å². The number of hydrogen-bond donors (Lipinski definition) is 1. The van der Waals surface area contributed by atoms with Crippen LogP contribution in [0.15, 0.2) is 48.5 Å². The van der Waals surface area contributed by atoms with E-state index in [1.807, 2.05) is 18.2 Å². The molecule has 27 heavy (non-hydrogen) atoms. The maximum absolute atomic E-state index is 11.6. The van der Waals surface area contributed by atoms with E-state index in [2.05, 4.69) is 16.7 Å². The number of methoxy groups -OCH3 is 1. The SMILES string of the molecule is COC(=O)c1ccc(N2CCN(Cc3cccc(C(=O)O)c3)C(C)C2)cc1. The highest BCUT2D eigenvalue weighted by Crippen LogP contribution is 2.21. The summed E-state index contributed by atoms with van der Waals surface area (Å²) in [6.45, 7) is 5.54. The van der Waals surface area contributed by atoms with E-state index >= 15 is 0 Å². The summed E-state index contributed by atoms with van der Waals surface area (Å²) in [5.41, 5.74) is 2.97. The van der Waals surface area contributed by atoms with Crippen LogP contribution in [0.4, 0.5) is 5.69 Å². The average molecular weight is 368 g/mol. The van der Waals surface area contributed by atoms with E-state index in [4.69, 9.17) is 9.84 Å². The summed E-state index contributed by atoms with van der Waals surface area (Å²) in [6.07, 6.45) is 0. The Bertz CT molecular complexity index is 819. The molecule has 0 spiro atoms. The van der Waals surface area contributed by atoms with Crippen LogP contribution in [-0.4, -0.2) is 54.7 Å². The lowest BCUT2D eigenvalue weighted by molar-refractivity contribution is 0.0599. The number of nitrogens with zero attached hydrogens (tertiary/aromatic N) is 2. The summed E-state index contributed by atoms with van der Waals surface area (Å²) in [6, 6.07) is 14.9. The third kappa shape index (κ3) is 4.46. The molecule has 1 saturated heterocycles. The number of carbonyl (C=O) groups excluding carboxylic acids is 1. The molecule has 0 aromatic heterocycles. The Morgan fingerprint density at radius 3 is 2.48 bits per heavy atom. The number of carboxylic acids is 1. The second-order valence-electron chi connectivity index (χ2n) is 6.81. The van der Waals surface area contributed by atoms with Crippen molar-refractivity contribution in [2.24, 2.45) is 0 Å². The molecule has 1 heterocycles. The second-order valence-corrected chi connectivity index (χ2v) is 6.81. The minimum atomic E-state index is -0.898. The highest BCUT2D eigenvalue weighted by Gasteiger charge is 2.24. The lowest BCUT2D eigenvalue weighted by Crippen LogP contribution is -2.51. The van der Waals surface area contributed by atoms with Crippen LogP contribution in [0, 0.1) is 0 Å². The lowest BCUT2D eigenvalue weighted by Gasteiger charge is -2.41. The molecule has 2 aromatic carbocycles. The Balaban J connectivity index is 1.63. The van der Waals surface area contributed by atoms with Crippen molar-refractivity contribution in [3.05, 3.63) is 65.2 Å². The first-order chi connectivity index (χ1) is 13.0. The molecule has 0 amide bonds. The van der Waals surface area contributed by atoms with Gasteiger partial charge in [-0.25, -0.2) is 9.59 Å². The average Bonchev–Trinajstić information content (AvgIpc) is 2.69. The number of rotatable bonds is 5. The van der Waals surface area contributed by atoms with Gasteiger partial charge in [0.15, 0.2) is 0 Å². The zero-order valence-electron chi connectivity index (χ0n) is 15.6. The molecule has 2 aromatic rings. The van der Waals surface area contributed by atoms with Gasteiger partial charge in [0.25, 0.3) is 0 Å². The largest absolute Gasteiger partial charge is 0.478 e. The molecule has 6 nitrogen and oxygen atoms in total. The van der Waals surface area contributed by atoms with E-state index in [1.54, 1.807) is 30.3 Å². The van der Waals surface area contributed by atoms with Crippen LogP contribution in [-0.2, 0) is 11.3 Å². The number of benzene rings is 2. The van der Waals surface area contributed by atoms with Crippen molar-refractivity contribution in [1.29, 1.82) is 0 Å². The van der Waals surface area contributed by atoms with E-state index < -0.39 is 5.97 Å². The summed E-state index contributed by atoms with van der Waals surface area (Å²) in [5.74, 6) is -1.23. The predicted octanol–water partition coefficient (Wildman–Crippen LogP) is 2.88. The Morgan fingerprint density at radius 2 is 1.85 bits per heavy atom. The van der Waals surface area contributed by atoms with Gasteiger partial charge < -0.3 is 14.7 Å². The molecule has 0 saturated carbocycles. The number of aromatic carboxylic acids is 1. The molecular formula is C21H24N2O4. The van der Waals surface area contributed by atoms with Gasteiger partial charge >= 0.3 is 11.9 Å². The van der Waals surface area contributed by atoms with Crippen LogP contribution in [0.25, 0.3) is 0 Å². The first-order valence-corrected chi connectivity index (χ1v) is 8.97. The molecule has 1 aliphatic heterocycles. The van der Waals surface area contributed by atoms with Gasteiger partial charge in [-0.3, -0.25) is 4.90 Å². The van der Waals surface area contributed by atoms with Crippen LogP contribution >= 0.6 is 0 Å². The van der Waals surface area contributed by atoms with E-state index in [0.29, 0.717) is 17.2 Å². The Hall–Kier alpha value is -2.86. The first-order valence-electron chi connectivity index (χ1n) is 8.97. The molecule has 1 unspecified atom stereocenters. The van der Waals surface area contributed by atoms with Crippen molar-refractivity contribution in [3.63, 3.8) is 0 Å². The Kier molecular flexibility index (Phi) is 5.76. The lowest BCUT2D eigenvalue weighted by atomic mass is 10.1. The maximum atomic E-state index is 11.6. The fourth-order valence-electron chi connectivity index (χ4n) is 3.43. The molecule has 1 N–H and O–H groups in total. The van der Waals surface area contributed by atoms with Crippen molar-refractivity contribution < 1.29 is 19.4 Å². The summed E-state index contributed by atoms with van der Waals surface area (Å²) >= 11 is 0. The molecule has 1 atom stereocenters. The van der Waals surface area contributed by atoms with E-state index in [1.165, 1.54) is 7.11 Å². The molecule has 142 valence electrons. The van der Waals surface area contributed by atoms with Crippen molar-refractivity contribution in [3.8, 4) is 0 Å². The van der Waals surface area contributed by atoms with Gasteiger partial charge in [-0.1, -0.05) is 12.1 Å². The first kappa shape index (κ1) is 18.9. The summed E-state index contributed by atoms with van der Waals surface area (Å²) in [5, 5.41) is 9.15. The smallest absolute Gasteiger partial charge is 0.337 e. The van der Waals surface area contributed by atoms with Gasteiger partial charge in [-0.15, -0.1) is 0 Å². The van der Waals surface area contributed by atoms with Gasteiger partial charge in [-0.2, -0.15) is 0 Å². The minimum Gasteiger partial charge on any atom is -0.478 e. The molecule has 0 aliphatic carbocycles. The molecule has 1 fully saturated rings. The number of esters is 1. The van der Waals surface area contributed by atoms with E-state index in [0.717, 1.165) is 37.4 Å². The number of carbonyl (C=O) groups is 2. The van der Waals surface area contributed by atoms with Crippen LogP contribution in [0.3, 0.4) is 0 Å². The fourth-order valence-corrected chi connectivity index (χ4v) is 3.43. The maximum Gasteiger partial charge on any atom is 0.337 e. The summed E-state index contributed by atoms with van der Waals surface area (Å²) in [4.78, 5) is 27.4. The van der Waals surface area contributed by atoms with Gasteiger partial charge in [0.1, 0.15) is 0 Å². The molecule has 0 bridgehead atoms. The zero-order chi connectivity index (χ0) is 19.4. The summed E-state index contributed by atoms with van der Waals surface area (Å²) in [7, 11) is 1.38. The van der Waals surface area contributed by atoms with Crippen molar-refractivity contribution >= 4 is 17.6 Å². The molecule has 3 rings (SSSR count). The van der Waals surface area contributed by atoms with Crippen LogP contribution in [0.2, 0.25) is 0 Å². The third-order valence-electron chi connectivity index (χ3n) is 4.98. The predicted molar refractivity (Wildman–Crippen MR) is 103 cm³/mol. The van der Waals surface area contributed by atoms with Gasteiger partial charge in [0, 0.05) is 37.9 Å². The zero-order valence-corrected chi connectivity index (χ0v) is 15.6. The Morgan fingerprint density at radius 1 is 1.11 bits per heavy atom. The number of piperazine rings is 1. The van der Waals surface area contributed by atoms with E-state index in [9.17, 15) is 9.59 Å². The normalized spacial score (nSPS) is 17.6. The molecule has 1 aliphatic rings. The van der Waals surface area contributed by atoms with Gasteiger partial charge in [-0.05, 0) is 48.9 Å². The van der Waals surface area contributed by atoms with Crippen molar-refractivity contribution in [2.45, 2.75) is 19.5 Å². The molecule has 0 radical (unpaired) electrons. The van der Waals surface area contributed by atoms with Crippen molar-refractivity contribution in [2.75, 3.05) is 31.6 Å². The third-order valence-corrected chi connectivity index (χ3v) is 4.98. The highest BCUT2D eigenvalue weighted by molar-refractivity contribution is 5.89. The quantitative estimate of drug-likeness (QED) is 0.819. The summed E-state index contributed by atoms with van der Waals surface area (Å²) < 4.78 is 4.74. The van der Waals surface area contributed by atoms with E-state index in [-0.39, 0.29) is 5.97 Å². The van der Waals surface area contributed by atoms with Gasteiger partial charge in [0.05, 0.1) is 18.2 Å². The standard InChI is InChI=1S/C21H24N2O4/c1-15-13-23(19-8-6-17(7-9-19)21(26)27-2)11-10-22(15)14-16-4-3-5-18(12-16)20(24)25/h3-9,12,15H,10-11,13-14H2,1-2H3,(H,24,25). The monoisotopic (exact) mass is 368 g/mol. The van der Waals surface area contributed by atoms with Gasteiger partial charge in [0.2, 0.25) is 0 Å². The van der Waals surface area contributed by atoms with Crippen LogP contribution < -0.4 is 4.90 Å². The fraction of sp³-hybridized carbons (Fsp3) is 0.333. The highest BCUT2D eigenvalue weighted by atomic mass is 16.5. The number of carboxylic acid groups (broad SMARTS) is 1. The number of ether oxygens (including phenoxy) is 1. The molecule has 6 heteroatoms. The number of anilines is 1. The van der Waals surface area contributed by atoms with Crippen molar-refractivity contribution in [1.82, 2.24) is 4.90 Å². The minimum absolute atomic E-state index is 0.324. The molecular weight excluding hydrogens is 344 g/mol. The second kappa shape index (κ2) is 8.22. The van der Waals surface area contributed by atoms with Crippen LogP contribution in [0.5, 0.6) is 0 Å².